The first-order chi connectivity index (χ1) is 6.37. The minimum atomic E-state index is -3.53. The van der Waals surface area contributed by atoms with E-state index in [2.05, 4.69) is 14.9 Å². The van der Waals surface area contributed by atoms with Gasteiger partial charge in [0.1, 0.15) is 0 Å². The minimum absolute atomic E-state index is 0.0408. The molecule has 0 aliphatic heterocycles. The van der Waals surface area contributed by atoms with Gasteiger partial charge in [-0.3, -0.25) is 5.10 Å². The van der Waals surface area contributed by atoms with Crippen molar-refractivity contribution in [3.8, 4) is 0 Å². The zero-order valence-electron chi connectivity index (χ0n) is 8.11. The van der Waals surface area contributed by atoms with Gasteiger partial charge < -0.3 is 5.73 Å². The topological polar surface area (TPSA) is 101 Å². The number of nitrogens with one attached hydrogen (secondary N) is 2. The number of aromatic amines is 1. The molecule has 0 aromatic carbocycles. The largest absolute Gasteiger partial charge is 0.329 e. The van der Waals surface area contributed by atoms with Gasteiger partial charge in [0, 0.05) is 12.1 Å². The lowest BCUT2D eigenvalue weighted by Gasteiger charge is -2.23. The van der Waals surface area contributed by atoms with Gasteiger partial charge in [-0.25, -0.2) is 13.1 Å². The molecule has 6 nitrogen and oxygen atoms in total. The average Bonchev–Trinajstić information content (AvgIpc) is 2.54. The lowest BCUT2D eigenvalue weighted by Crippen LogP contribution is -2.48. The third-order valence-corrected chi connectivity index (χ3v) is 3.31. The molecule has 0 aliphatic carbocycles. The second-order valence-corrected chi connectivity index (χ2v) is 5.27. The molecule has 80 valence electrons. The van der Waals surface area contributed by atoms with Crippen LogP contribution in [0.5, 0.6) is 0 Å². The van der Waals surface area contributed by atoms with Gasteiger partial charge in [0.15, 0.2) is 5.03 Å². The Morgan fingerprint density at radius 2 is 2.29 bits per heavy atom. The average molecular weight is 218 g/mol. The SMILES string of the molecule is CC(C)(CN)NS(=O)(=O)c1ccn[nH]1. The van der Waals surface area contributed by atoms with Gasteiger partial charge in [0.05, 0.1) is 6.20 Å². The molecular formula is C7H14N4O2S. The molecule has 1 rings (SSSR count). The number of rotatable bonds is 4. The highest BCUT2D eigenvalue weighted by atomic mass is 32.2. The maximum atomic E-state index is 11.6. The first-order valence-corrected chi connectivity index (χ1v) is 5.59. The van der Waals surface area contributed by atoms with E-state index in [9.17, 15) is 8.42 Å². The van der Waals surface area contributed by atoms with Crippen LogP contribution in [0.4, 0.5) is 0 Å². The van der Waals surface area contributed by atoms with Crippen LogP contribution in [-0.4, -0.2) is 30.7 Å². The van der Waals surface area contributed by atoms with E-state index in [0.717, 1.165) is 0 Å². The Bertz CT molecular complexity index is 382. The lowest BCUT2D eigenvalue weighted by molar-refractivity contribution is 0.461. The third kappa shape index (κ3) is 2.53. The molecule has 1 aromatic heterocycles. The van der Waals surface area contributed by atoms with E-state index < -0.39 is 15.6 Å². The molecule has 1 aromatic rings. The number of H-pyrrole nitrogens is 1. The van der Waals surface area contributed by atoms with Crippen LogP contribution in [0.25, 0.3) is 0 Å². The van der Waals surface area contributed by atoms with Crippen molar-refractivity contribution in [1.29, 1.82) is 0 Å². The lowest BCUT2D eigenvalue weighted by atomic mass is 10.1. The Morgan fingerprint density at radius 1 is 1.64 bits per heavy atom. The van der Waals surface area contributed by atoms with Crippen molar-refractivity contribution >= 4 is 10.0 Å². The number of aromatic nitrogens is 2. The minimum Gasteiger partial charge on any atom is -0.329 e. The molecule has 0 amide bonds. The summed E-state index contributed by atoms with van der Waals surface area (Å²) in [6.45, 7) is 3.64. The van der Waals surface area contributed by atoms with Crippen LogP contribution in [-0.2, 0) is 10.0 Å². The number of sulfonamides is 1. The van der Waals surface area contributed by atoms with Crippen LogP contribution >= 0.6 is 0 Å². The molecule has 0 atom stereocenters. The fraction of sp³-hybridized carbons (Fsp3) is 0.571. The zero-order valence-corrected chi connectivity index (χ0v) is 8.93. The summed E-state index contributed by atoms with van der Waals surface area (Å²) < 4.78 is 25.7. The van der Waals surface area contributed by atoms with E-state index in [1.165, 1.54) is 12.3 Å². The van der Waals surface area contributed by atoms with E-state index in [-0.39, 0.29) is 11.6 Å². The summed E-state index contributed by atoms with van der Waals surface area (Å²) in [5.74, 6) is 0. The molecule has 4 N–H and O–H groups in total. The molecule has 0 unspecified atom stereocenters. The van der Waals surface area contributed by atoms with Crippen LogP contribution in [0, 0.1) is 0 Å². The van der Waals surface area contributed by atoms with Crippen molar-refractivity contribution in [2.75, 3.05) is 6.54 Å². The molecule has 7 heteroatoms. The standard InChI is InChI=1S/C7H14N4O2S/c1-7(2,5-8)11-14(12,13)6-3-4-9-10-6/h3-4,11H,5,8H2,1-2H3,(H,9,10). The summed E-state index contributed by atoms with van der Waals surface area (Å²) in [5, 5.41) is 5.99. The summed E-state index contributed by atoms with van der Waals surface area (Å²) in [4.78, 5) is 0. The Hall–Kier alpha value is -0.920. The second-order valence-electron chi connectivity index (χ2n) is 3.61. The van der Waals surface area contributed by atoms with Crippen molar-refractivity contribution in [3.63, 3.8) is 0 Å². The number of hydrogen-bond acceptors (Lipinski definition) is 4. The molecule has 0 radical (unpaired) electrons. The fourth-order valence-corrected chi connectivity index (χ4v) is 2.19. The normalized spacial score (nSPS) is 13.1. The van der Waals surface area contributed by atoms with Crippen molar-refractivity contribution in [2.45, 2.75) is 24.4 Å². The Balaban J connectivity index is 2.89. The van der Waals surface area contributed by atoms with Gasteiger partial charge in [0.2, 0.25) is 0 Å². The van der Waals surface area contributed by atoms with E-state index in [1.54, 1.807) is 13.8 Å². The van der Waals surface area contributed by atoms with Crippen LogP contribution < -0.4 is 10.5 Å². The van der Waals surface area contributed by atoms with Gasteiger partial charge >= 0.3 is 0 Å². The van der Waals surface area contributed by atoms with E-state index >= 15 is 0 Å². The molecule has 0 aliphatic rings. The van der Waals surface area contributed by atoms with Crippen molar-refractivity contribution in [3.05, 3.63) is 12.3 Å². The fourth-order valence-electron chi connectivity index (χ4n) is 0.853. The molecule has 1 heterocycles. The Morgan fingerprint density at radius 3 is 2.71 bits per heavy atom. The van der Waals surface area contributed by atoms with Crippen LogP contribution in [0.2, 0.25) is 0 Å². The van der Waals surface area contributed by atoms with Crippen LogP contribution in [0.1, 0.15) is 13.8 Å². The second kappa shape index (κ2) is 3.68. The highest BCUT2D eigenvalue weighted by Gasteiger charge is 2.25. The Labute approximate surface area is 82.9 Å². The first-order valence-electron chi connectivity index (χ1n) is 4.11. The summed E-state index contributed by atoms with van der Waals surface area (Å²) in [7, 11) is -3.53. The summed E-state index contributed by atoms with van der Waals surface area (Å²) in [5.41, 5.74) is 4.75. The van der Waals surface area contributed by atoms with Crippen molar-refractivity contribution < 1.29 is 8.42 Å². The van der Waals surface area contributed by atoms with Gasteiger partial charge in [-0.1, -0.05) is 0 Å². The summed E-state index contributed by atoms with van der Waals surface area (Å²) in [6.07, 6.45) is 1.38. The maximum Gasteiger partial charge on any atom is 0.257 e. The smallest absolute Gasteiger partial charge is 0.257 e. The predicted molar refractivity (Wildman–Crippen MR) is 52.0 cm³/mol. The monoisotopic (exact) mass is 218 g/mol. The van der Waals surface area contributed by atoms with E-state index in [4.69, 9.17) is 5.73 Å². The van der Waals surface area contributed by atoms with Gasteiger partial charge in [-0.15, -0.1) is 0 Å². The van der Waals surface area contributed by atoms with E-state index in [1.807, 2.05) is 0 Å². The van der Waals surface area contributed by atoms with Crippen molar-refractivity contribution in [1.82, 2.24) is 14.9 Å². The van der Waals surface area contributed by atoms with Gasteiger partial charge in [-0.05, 0) is 19.9 Å². The predicted octanol–water partition coefficient (Wildman–Crippen LogP) is -0.575. The summed E-state index contributed by atoms with van der Waals surface area (Å²) in [6, 6.07) is 1.38. The van der Waals surface area contributed by atoms with Gasteiger partial charge in [0.25, 0.3) is 10.0 Å². The molecule has 14 heavy (non-hydrogen) atoms. The van der Waals surface area contributed by atoms with Gasteiger partial charge in [-0.2, -0.15) is 5.10 Å². The zero-order chi connectivity index (χ0) is 10.8. The van der Waals surface area contributed by atoms with Crippen LogP contribution in [0.3, 0.4) is 0 Å². The van der Waals surface area contributed by atoms with Crippen LogP contribution in [0.15, 0.2) is 17.3 Å². The highest BCUT2D eigenvalue weighted by Crippen LogP contribution is 2.08. The third-order valence-electron chi connectivity index (χ3n) is 1.69. The molecule has 0 bridgehead atoms. The molecule has 0 fully saturated rings. The van der Waals surface area contributed by atoms with Crippen molar-refractivity contribution in [2.24, 2.45) is 5.73 Å². The Kier molecular flexibility index (Phi) is 2.93. The number of nitrogens with zero attached hydrogens (tertiary/aromatic N) is 1. The molecule has 0 spiro atoms. The highest BCUT2D eigenvalue weighted by molar-refractivity contribution is 7.89. The first kappa shape index (κ1) is 11.2. The molecule has 0 saturated heterocycles. The number of hydrogen-bond donors (Lipinski definition) is 3. The van der Waals surface area contributed by atoms with E-state index in [0.29, 0.717) is 0 Å². The molecule has 0 saturated carbocycles. The maximum absolute atomic E-state index is 11.6. The number of nitrogens with two attached hydrogens (primary N) is 1. The quantitative estimate of drug-likeness (QED) is 0.629. The summed E-state index contributed by atoms with van der Waals surface area (Å²) >= 11 is 0. The molecular weight excluding hydrogens is 204 g/mol.